The summed E-state index contributed by atoms with van der Waals surface area (Å²) in [4.78, 5) is 0. The Kier molecular flexibility index (Phi) is 10.8. The van der Waals surface area contributed by atoms with Crippen LogP contribution in [0.1, 0.15) is 25.0 Å². The van der Waals surface area contributed by atoms with Gasteiger partial charge in [0.1, 0.15) is 36.9 Å². The average molecular weight is 514 g/mol. The fourth-order valence-electron chi connectivity index (χ4n) is 3.20. The van der Waals surface area contributed by atoms with Gasteiger partial charge in [0, 0.05) is 11.6 Å². The number of aliphatic hydroxyl groups excluding tert-OH is 3. The Hall–Kier alpha value is -2.20. The van der Waals surface area contributed by atoms with Crippen LogP contribution in [-0.4, -0.2) is 64.8 Å². The van der Waals surface area contributed by atoms with Gasteiger partial charge in [-0.05, 0) is 35.4 Å². The van der Waals surface area contributed by atoms with Gasteiger partial charge in [-0.1, -0.05) is 43.6 Å². The van der Waals surface area contributed by atoms with E-state index in [0.717, 1.165) is 11.1 Å². The molecule has 0 amide bonds. The van der Waals surface area contributed by atoms with Crippen molar-refractivity contribution in [1.29, 1.82) is 0 Å². The summed E-state index contributed by atoms with van der Waals surface area (Å²) < 4.78 is 11.2. The molecule has 2 atom stereocenters. The molecule has 2 rings (SSSR count). The van der Waals surface area contributed by atoms with E-state index in [1.54, 1.807) is 6.07 Å². The Morgan fingerprint density at radius 2 is 1.68 bits per heavy atom. The van der Waals surface area contributed by atoms with Crippen LogP contribution < -0.4 is 21.1 Å². The van der Waals surface area contributed by atoms with E-state index in [4.69, 9.17) is 49.4 Å². The number of ether oxygens (including phenoxy) is 2. The first-order valence-corrected chi connectivity index (χ1v) is 11.7. The van der Waals surface area contributed by atoms with E-state index in [2.05, 4.69) is 13.8 Å². The Morgan fingerprint density at radius 3 is 2.24 bits per heavy atom. The van der Waals surface area contributed by atoms with Gasteiger partial charge < -0.3 is 35.5 Å². The molecule has 34 heavy (non-hydrogen) atoms. The highest BCUT2D eigenvalue weighted by Crippen LogP contribution is 2.36. The lowest BCUT2D eigenvalue weighted by molar-refractivity contribution is 0.0745. The van der Waals surface area contributed by atoms with Crippen molar-refractivity contribution in [1.82, 2.24) is 5.01 Å². The van der Waals surface area contributed by atoms with E-state index >= 15 is 0 Å². The van der Waals surface area contributed by atoms with E-state index in [-0.39, 0.29) is 37.7 Å². The number of nitrogens with two attached hydrogens (primary N) is 2. The van der Waals surface area contributed by atoms with Crippen LogP contribution in [0.2, 0.25) is 5.02 Å². The van der Waals surface area contributed by atoms with Crippen molar-refractivity contribution in [2.24, 2.45) is 11.6 Å². The molecule has 0 aliphatic heterocycles. The second-order valence-electron chi connectivity index (χ2n) is 8.35. The van der Waals surface area contributed by atoms with Crippen LogP contribution in [0, 0.1) is 0 Å². The molecule has 0 aliphatic carbocycles. The fraction of sp³-hybridized carbons (Fsp3) is 0.417. The van der Waals surface area contributed by atoms with Crippen LogP contribution in [0.15, 0.2) is 54.4 Å². The number of hydrogen-bond acceptors (Lipinski definition) is 8. The zero-order valence-electron chi connectivity index (χ0n) is 19.3. The molecular formula is C24H33Cl2N3O5. The predicted molar refractivity (Wildman–Crippen MR) is 134 cm³/mol. The number of benzene rings is 2. The summed E-state index contributed by atoms with van der Waals surface area (Å²) in [6.07, 6.45) is -0.449. The van der Waals surface area contributed by atoms with E-state index < -0.39 is 12.2 Å². The highest BCUT2D eigenvalue weighted by Gasteiger charge is 2.24. The molecule has 0 radical (unpaired) electrons. The molecule has 2 aromatic carbocycles. The lowest BCUT2D eigenvalue weighted by Crippen LogP contribution is -2.40. The van der Waals surface area contributed by atoms with Crippen molar-refractivity contribution in [3.63, 3.8) is 0 Å². The number of hydrazine groups is 1. The molecule has 8 nitrogen and oxygen atoms in total. The third kappa shape index (κ3) is 7.66. The van der Waals surface area contributed by atoms with Gasteiger partial charge in [-0.2, -0.15) is 0 Å². The largest absolute Gasteiger partial charge is 0.491 e. The minimum Gasteiger partial charge on any atom is -0.491 e. The molecule has 0 spiro atoms. The Balaban J connectivity index is 2.00. The zero-order valence-corrected chi connectivity index (χ0v) is 20.8. The van der Waals surface area contributed by atoms with Gasteiger partial charge in [0.25, 0.3) is 0 Å². The summed E-state index contributed by atoms with van der Waals surface area (Å²) in [6.45, 7) is 3.98. The molecule has 0 heterocycles. The lowest BCUT2D eigenvalue weighted by atomic mass is 9.78. The molecule has 0 fully saturated rings. The SMILES string of the molecule is CC(C)(c1ccc(OCC(O)CN(N)/C(=C\N)CO)cc1)c1ccc(OCC(O)CCl)c(Cl)c1. The van der Waals surface area contributed by atoms with Gasteiger partial charge in [0.05, 0.1) is 29.8 Å². The van der Waals surface area contributed by atoms with Crippen LogP contribution in [0.4, 0.5) is 0 Å². The molecule has 0 saturated carbocycles. The van der Waals surface area contributed by atoms with Gasteiger partial charge in [0.15, 0.2) is 0 Å². The molecular weight excluding hydrogens is 481 g/mol. The van der Waals surface area contributed by atoms with Crippen molar-refractivity contribution in [3.05, 3.63) is 70.5 Å². The molecule has 0 aromatic heterocycles. The highest BCUT2D eigenvalue weighted by atomic mass is 35.5. The summed E-state index contributed by atoms with van der Waals surface area (Å²) in [7, 11) is 0. The van der Waals surface area contributed by atoms with Crippen molar-refractivity contribution in [2.45, 2.75) is 31.5 Å². The number of alkyl halides is 1. The van der Waals surface area contributed by atoms with Gasteiger partial charge in [-0.15, -0.1) is 11.6 Å². The van der Waals surface area contributed by atoms with E-state index in [9.17, 15) is 10.2 Å². The molecule has 0 aliphatic rings. The maximum atomic E-state index is 10.1. The van der Waals surface area contributed by atoms with E-state index in [1.165, 1.54) is 11.2 Å². The number of nitrogens with zero attached hydrogens (tertiary/aromatic N) is 1. The van der Waals surface area contributed by atoms with E-state index in [0.29, 0.717) is 22.2 Å². The minimum absolute atomic E-state index is 0.0230. The van der Waals surface area contributed by atoms with E-state index in [1.807, 2.05) is 36.4 Å². The third-order valence-corrected chi connectivity index (χ3v) is 6.06. The van der Waals surface area contributed by atoms with Crippen molar-refractivity contribution in [2.75, 3.05) is 32.2 Å². The lowest BCUT2D eigenvalue weighted by Gasteiger charge is -2.27. The number of rotatable bonds is 13. The quantitative estimate of drug-likeness (QED) is 0.156. The maximum Gasteiger partial charge on any atom is 0.138 e. The second kappa shape index (κ2) is 13.0. The van der Waals surface area contributed by atoms with Crippen LogP contribution in [0.5, 0.6) is 11.5 Å². The average Bonchev–Trinajstić information content (AvgIpc) is 2.82. The summed E-state index contributed by atoms with van der Waals surface area (Å²) in [5, 5.41) is 30.5. The summed E-state index contributed by atoms with van der Waals surface area (Å²) in [5.74, 6) is 6.93. The van der Waals surface area contributed by atoms with Crippen LogP contribution in [0.3, 0.4) is 0 Å². The minimum atomic E-state index is -0.879. The van der Waals surface area contributed by atoms with Crippen LogP contribution in [-0.2, 0) is 5.41 Å². The van der Waals surface area contributed by atoms with Crippen LogP contribution >= 0.6 is 23.2 Å². The third-order valence-electron chi connectivity index (χ3n) is 5.41. The van der Waals surface area contributed by atoms with Crippen molar-refractivity contribution >= 4 is 23.2 Å². The topological polar surface area (TPSA) is 134 Å². The number of halogens is 2. The number of hydrogen-bond donors (Lipinski definition) is 5. The fourth-order valence-corrected chi connectivity index (χ4v) is 3.52. The zero-order chi connectivity index (χ0) is 25.3. The predicted octanol–water partition coefficient (Wildman–Crippen LogP) is 2.35. The van der Waals surface area contributed by atoms with Crippen molar-refractivity contribution in [3.8, 4) is 11.5 Å². The maximum absolute atomic E-state index is 10.1. The summed E-state index contributed by atoms with van der Waals surface area (Å²) >= 11 is 12.0. The smallest absolute Gasteiger partial charge is 0.138 e. The molecule has 10 heteroatoms. The standard InChI is InChI=1S/C24H33Cl2N3O5/c1-24(2,17-5-8-23(22(26)9-17)34-14-19(31)10-25)16-3-6-21(7-4-16)33-15-20(32)12-29(28)18(11-27)13-30/h3-9,11,19-20,30-32H,10,12-15,27-28H2,1-2H3/b18-11-. The Labute approximate surface area is 210 Å². The monoisotopic (exact) mass is 513 g/mol. The van der Waals surface area contributed by atoms with Gasteiger partial charge in [0.2, 0.25) is 0 Å². The first kappa shape index (κ1) is 28.0. The van der Waals surface area contributed by atoms with Crippen molar-refractivity contribution < 1.29 is 24.8 Å². The van der Waals surface area contributed by atoms with Gasteiger partial charge in [-0.3, -0.25) is 0 Å². The summed E-state index contributed by atoms with van der Waals surface area (Å²) in [5.41, 5.74) is 7.35. The molecule has 0 saturated heterocycles. The molecule has 2 aromatic rings. The van der Waals surface area contributed by atoms with Gasteiger partial charge >= 0.3 is 0 Å². The Morgan fingerprint density at radius 1 is 1.06 bits per heavy atom. The number of aliphatic hydroxyl groups is 3. The first-order valence-electron chi connectivity index (χ1n) is 10.7. The molecule has 188 valence electrons. The first-order chi connectivity index (χ1) is 16.1. The normalized spacial score (nSPS) is 13.9. The molecule has 2 unspecified atom stereocenters. The molecule has 7 N–H and O–H groups in total. The second-order valence-corrected chi connectivity index (χ2v) is 9.06. The Bertz CT molecular complexity index is 941. The highest BCUT2D eigenvalue weighted by molar-refractivity contribution is 6.32. The summed E-state index contributed by atoms with van der Waals surface area (Å²) in [6, 6.07) is 13.1. The van der Waals surface area contributed by atoms with Gasteiger partial charge in [-0.25, -0.2) is 5.84 Å². The molecule has 0 bridgehead atoms. The van der Waals surface area contributed by atoms with Crippen LogP contribution in [0.25, 0.3) is 0 Å².